The van der Waals surface area contributed by atoms with Crippen LogP contribution >= 0.6 is 0 Å². The normalized spacial score (nSPS) is 20.6. The van der Waals surface area contributed by atoms with Gasteiger partial charge in [0.05, 0.1) is 5.60 Å². The van der Waals surface area contributed by atoms with E-state index in [-0.39, 0.29) is 11.7 Å². The van der Waals surface area contributed by atoms with Gasteiger partial charge in [-0.3, -0.25) is 0 Å². The van der Waals surface area contributed by atoms with Crippen molar-refractivity contribution in [2.45, 2.75) is 43.6 Å². The predicted octanol–water partition coefficient (Wildman–Crippen LogP) is 2.39. The third kappa shape index (κ3) is 2.85. The number of hydrogen-bond donors (Lipinski definition) is 3. The lowest BCUT2D eigenvalue weighted by Crippen LogP contribution is -2.42. The molecule has 0 spiro atoms. The van der Waals surface area contributed by atoms with Gasteiger partial charge in [-0.25, -0.2) is 0 Å². The van der Waals surface area contributed by atoms with Crippen LogP contribution in [-0.4, -0.2) is 29.4 Å². The Morgan fingerprint density at radius 2 is 1.78 bits per heavy atom. The standard InChI is InChI=1S/C15H23NO2/c1-16-11-14(12-5-7-13(17)8-6-12)15(18)9-3-2-4-10-15/h5-8,14,16-18H,2-4,9-11H2,1H3. The number of aliphatic hydroxyl groups is 1. The van der Waals surface area contributed by atoms with Crippen LogP contribution in [-0.2, 0) is 0 Å². The Morgan fingerprint density at radius 1 is 1.17 bits per heavy atom. The minimum atomic E-state index is -0.599. The van der Waals surface area contributed by atoms with E-state index in [9.17, 15) is 10.2 Å². The van der Waals surface area contributed by atoms with Crippen molar-refractivity contribution < 1.29 is 10.2 Å². The summed E-state index contributed by atoms with van der Waals surface area (Å²) in [6, 6.07) is 7.24. The van der Waals surface area contributed by atoms with Gasteiger partial charge in [-0.2, -0.15) is 0 Å². The quantitative estimate of drug-likeness (QED) is 0.768. The van der Waals surface area contributed by atoms with Gasteiger partial charge in [-0.05, 0) is 37.6 Å². The van der Waals surface area contributed by atoms with Crippen LogP contribution in [0.15, 0.2) is 24.3 Å². The smallest absolute Gasteiger partial charge is 0.115 e. The van der Waals surface area contributed by atoms with Crippen molar-refractivity contribution in [3.63, 3.8) is 0 Å². The van der Waals surface area contributed by atoms with Gasteiger partial charge < -0.3 is 15.5 Å². The second-order valence-electron chi connectivity index (χ2n) is 5.37. The molecule has 3 heteroatoms. The SMILES string of the molecule is CNCC(c1ccc(O)cc1)C1(O)CCCCC1. The molecule has 1 aliphatic rings. The predicted molar refractivity (Wildman–Crippen MR) is 72.8 cm³/mol. The van der Waals surface area contributed by atoms with Gasteiger partial charge in [-0.15, -0.1) is 0 Å². The zero-order valence-electron chi connectivity index (χ0n) is 11.0. The van der Waals surface area contributed by atoms with E-state index < -0.39 is 5.60 Å². The molecule has 0 radical (unpaired) electrons. The molecule has 3 N–H and O–H groups in total. The largest absolute Gasteiger partial charge is 0.508 e. The molecule has 1 aromatic rings. The average Bonchev–Trinajstić information content (AvgIpc) is 2.38. The fourth-order valence-corrected chi connectivity index (χ4v) is 3.04. The maximum atomic E-state index is 10.9. The molecule has 0 aromatic heterocycles. The Labute approximate surface area is 109 Å². The van der Waals surface area contributed by atoms with Crippen molar-refractivity contribution >= 4 is 0 Å². The van der Waals surface area contributed by atoms with Crippen LogP contribution in [0.25, 0.3) is 0 Å². The second-order valence-corrected chi connectivity index (χ2v) is 5.37. The van der Waals surface area contributed by atoms with Gasteiger partial charge in [0, 0.05) is 12.5 Å². The number of likely N-dealkylation sites (N-methyl/N-ethyl adjacent to an activating group) is 1. The molecule has 0 amide bonds. The van der Waals surface area contributed by atoms with Gasteiger partial charge >= 0.3 is 0 Å². The van der Waals surface area contributed by atoms with Gasteiger partial charge in [0.2, 0.25) is 0 Å². The zero-order valence-corrected chi connectivity index (χ0v) is 11.0. The molecule has 1 saturated carbocycles. The van der Waals surface area contributed by atoms with Crippen LogP contribution in [0.2, 0.25) is 0 Å². The second kappa shape index (κ2) is 5.72. The number of rotatable bonds is 4. The molecule has 18 heavy (non-hydrogen) atoms. The highest BCUT2D eigenvalue weighted by molar-refractivity contribution is 5.30. The fourth-order valence-electron chi connectivity index (χ4n) is 3.04. The van der Waals surface area contributed by atoms with Crippen molar-refractivity contribution in [1.82, 2.24) is 5.32 Å². The molecule has 0 aliphatic heterocycles. The van der Waals surface area contributed by atoms with Crippen LogP contribution in [0.4, 0.5) is 0 Å². The lowest BCUT2D eigenvalue weighted by molar-refractivity contribution is -0.0211. The summed E-state index contributed by atoms with van der Waals surface area (Å²) in [5, 5.41) is 23.4. The number of nitrogens with one attached hydrogen (secondary N) is 1. The highest BCUT2D eigenvalue weighted by atomic mass is 16.3. The Bertz CT molecular complexity index is 369. The zero-order chi connectivity index (χ0) is 13.0. The van der Waals surface area contributed by atoms with E-state index in [1.165, 1.54) is 6.42 Å². The molecule has 3 nitrogen and oxygen atoms in total. The van der Waals surface area contributed by atoms with E-state index in [0.29, 0.717) is 0 Å². The highest BCUT2D eigenvalue weighted by Gasteiger charge is 2.38. The topological polar surface area (TPSA) is 52.5 Å². The molecule has 2 rings (SSSR count). The molecule has 0 bridgehead atoms. The van der Waals surface area contributed by atoms with Gasteiger partial charge in [-0.1, -0.05) is 31.4 Å². The third-order valence-corrected chi connectivity index (χ3v) is 4.07. The molecule has 0 saturated heterocycles. The summed E-state index contributed by atoms with van der Waals surface area (Å²) in [4.78, 5) is 0. The first-order valence-electron chi connectivity index (χ1n) is 6.81. The Kier molecular flexibility index (Phi) is 4.25. The van der Waals surface area contributed by atoms with Crippen molar-refractivity contribution in [2.75, 3.05) is 13.6 Å². The Balaban J connectivity index is 2.23. The molecule has 0 heterocycles. The van der Waals surface area contributed by atoms with Crippen molar-refractivity contribution in [1.29, 1.82) is 0 Å². The molecule has 1 atom stereocenters. The molecular formula is C15H23NO2. The summed E-state index contributed by atoms with van der Waals surface area (Å²) in [5.41, 5.74) is 0.504. The summed E-state index contributed by atoms with van der Waals surface area (Å²) in [6.45, 7) is 0.765. The number of hydrogen-bond acceptors (Lipinski definition) is 3. The minimum Gasteiger partial charge on any atom is -0.508 e. The van der Waals surface area contributed by atoms with E-state index in [2.05, 4.69) is 5.32 Å². The van der Waals surface area contributed by atoms with Gasteiger partial charge in [0.1, 0.15) is 5.75 Å². The first-order chi connectivity index (χ1) is 8.65. The fraction of sp³-hybridized carbons (Fsp3) is 0.600. The third-order valence-electron chi connectivity index (χ3n) is 4.07. The molecule has 1 aromatic carbocycles. The lowest BCUT2D eigenvalue weighted by atomic mass is 9.73. The number of aromatic hydroxyl groups is 1. The Morgan fingerprint density at radius 3 is 2.33 bits per heavy atom. The van der Waals surface area contributed by atoms with Gasteiger partial charge in [0.25, 0.3) is 0 Å². The minimum absolute atomic E-state index is 0.100. The van der Waals surface area contributed by atoms with E-state index >= 15 is 0 Å². The van der Waals surface area contributed by atoms with Crippen molar-refractivity contribution in [3.05, 3.63) is 29.8 Å². The highest BCUT2D eigenvalue weighted by Crippen LogP contribution is 2.39. The molecule has 1 unspecified atom stereocenters. The lowest BCUT2D eigenvalue weighted by Gasteiger charge is -2.39. The summed E-state index contributed by atoms with van der Waals surface area (Å²) in [5.74, 6) is 0.376. The van der Waals surface area contributed by atoms with Gasteiger partial charge in [0.15, 0.2) is 0 Å². The average molecular weight is 249 g/mol. The summed E-state index contributed by atoms with van der Waals surface area (Å²) in [7, 11) is 1.92. The van der Waals surface area contributed by atoms with E-state index in [0.717, 1.165) is 37.8 Å². The van der Waals surface area contributed by atoms with E-state index in [1.807, 2.05) is 19.2 Å². The molecule has 100 valence electrons. The van der Waals surface area contributed by atoms with E-state index in [1.54, 1.807) is 12.1 Å². The summed E-state index contributed by atoms with van der Waals surface area (Å²) in [6.07, 6.45) is 5.19. The van der Waals surface area contributed by atoms with Crippen LogP contribution in [0.5, 0.6) is 5.75 Å². The molecular weight excluding hydrogens is 226 g/mol. The maximum Gasteiger partial charge on any atom is 0.115 e. The van der Waals surface area contributed by atoms with Crippen LogP contribution in [0.3, 0.4) is 0 Å². The maximum absolute atomic E-state index is 10.9. The summed E-state index contributed by atoms with van der Waals surface area (Å²) >= 11 is 0. The number of phenols is 1. The molecule has 1 fully saturated rings. The Hall–Kier alpha value is -1.06. The van der Waals surface area contributed by atoms with Crippen LogP contribution in [0.1, 0.15) is 43.6 Å². The number of benzene rings is 1. The number of phenolic OH excluding ortho intramolecular Hbond substituents is 1. The first-order valence-corrected chi connectivity index (χ1v) is 6.81. The van der Waals surface area contributed by atoms with Crippen molar-refractivity contribution in [2.24, 2.45) is 0 Å². The van der Waals surface area contributed by atoms with Crippen LogP contribution in [0, 0.1) is 0 Å². The van der Waals surface area contributed by atoms with E-state index in [4.69, 9.17) is 0 Å². The monoisotopic (exact) mass is 249 g/mol. The first kappa shape index (κ1) is 13.4. The van der Waals surface area contributed by atoms with Crippen molar-refractivity contribution in [3.8, 4) is 5.75 Å². The van der Waals surface area contributed by atoms with Crippen LogP contribution < -0.4 is 5.32 Å². The summed E-state index contributed by atoms with van der Waals surface area (Å²) < 4.78 is 0. The molecule has 1 aliphatic carbocycles.